The van der Waals surface area contributed by atoms with Crippen LogP contribution in [0.5, 0.6) is 0 Å². The van der Waals surface area contributed by atoms with Gasteiger partial charge in [-0.2, -0.15) is 0 Å². The summed E-state index contributed by atoms with van der Waals surface area (Å²) >= 11 is 5.31. The Morgan fingerprint density at radius 1 is 1.03 bits per heavy atom. The largest absolute Gasteiger partial charge is 0.436 e. The van der Waals surface area contributed by atoms with Crippen LogP contribution < -0.4 is 10.6 Å². The van der Waals surface area contributed by atoms with Gasteiger partial charge in [0, 0.05) is 16.8 Å². The molecule has 0 saturated heterocycles. The summed E-state index contributed by atoms with van der Waals surface area (Å²) in [5.74, 6) is 0.818. The third-order valence-electron chi connectivity index (χ3n) is 5.98. The van der Waals surface area contributed by atoms with E-state index < -0.39 is 0 Å². The predicted octanol–water partition coefficient (Wildman–Crippen LogP) is 6.75. The summed E-state index contributed by atoms with van der Waals surface area (Å²) in [4.78, 5) is 17.1. The minimum atomic E-state index is -0.240. The minimum absolute atomic E-state index is 0.240. The molecule has 0 bridgehead atoms. The Balaban J connectivity index is 1.43. The molecule has 5 nitrogen and oxygen atoms in total. The van der Waals surface area contributed by atoms with E-state index in [0.717, 1.165) is 39.9 Å². The highest BCUT2D eigenvalue weighted by Gasteiger charge is 2.12. The maximum absolute atomic E-state index is 12.5. The molecular formula is C27H27N3O2S. The fraction of sp³-hybridized carbons (Fsp3) is 0.222. The van der Waals surface area contributed by atoms with Crippen LogP contribution in [-0.4, -0.2) is 16.0 Å². The first-order chi connectivity index (χ1) is 15.8. The second kappa shape index (κ2) is 9.55. The summed E-state index contributed by atoms with van der Waals surface area (Å²) in [5.41, 5.74) is 7.31. The monoisotopic (exact) mass is 457 g/mol. The van der Waals surface area contributed by atoms with E-state index in [0.29, 0.717) is 17.4 Å². The van der Waals surface area contributed by atoms with E-state index in [1.165, 1.54) is 5.56 Å². The number of aromatic nitrogens is 1. The molecule has 1 amide bonds. The van der Waals surface area contributed by atoms with Gasteiger partial charge in [-0.15, -0.1) is 0 Å². The number of nitrogens with zero attached hydrogens (tertiary/aromatic N) is 1. The van der Waals surface area contributed by atoms with E-state index in [2.05, 4.69) is 41.6 Å². The first-order valence-electron chi connectivity index (χ1n) is 11.0. The van der Waals surface area contributed by atoms with Crippen molar-refractivity contribution in [3.8, 4) is 11.5 Å². The van der Waals surface area contributed by atoms with Gasteiger partial charge < -0.3 is 9.73 Å². The second-order valence-corrected chi connectivity index (χ2v) is 8.75. The van der Waals surface area contributed by atoms with Crippen molar-refractivity contribution in [1.29, 1.82) is 0 Å². The molecule has 4 rings (SSSR count). The lowest BCUT2D eigenvalue weighted by Crippen LogP contribution is -2.34. The molecule has 1 aromatic heterocycles. The van der Waals surface area contributed by atoms with Crippen molar-refractivity contribution in [2.75, 3.05) is 5.32 Å². The molecule has 1 unspecified atom stereocenters. The highest BCUT2D eigenvalue weighted by Crippen LogP contribution is 2.28. The highest BCUT2D eigenvalue weighted by atomic mass is 32.1. The third kappa shape index (κ3) is 5.12. The SMILES string of the molecule is CCC(C)c1ccc2oc(-c3ccc(NC(=S)NC(=O)c4ccc(C)c(C)c4)cc3)nc2c1. The van der Waals surface area contributed by atoms with Gasteiger partial charge in [0.2, 0.25) is 5.89 Å². The van der Waals surface area contributed by atoms with Crippen molar-refractivity contribution < 1.29 is 9.21 Å². The van der Waals surface area contributed by atoms with Crippen molar-refractivity contribution in [2.24, 2.45) is 0 Å². The minimum Gasteiger partial charge on any atom is -0.436 e. The third-order valence-corrected chi connectivity index (χ3v) is 6.18. The molecule has 1 heterocycles. The number of hydrogen-bond acceptors (Lipinski definition) is 4. The molecular weight excluding hydrogens is 430 g/mol. The lowest BCUT2D eigenvalue weighted by atomic mass is 9.98. The zero-order valence-electron chi connectivity index (χ0n) is 19.2. The van der Waals surface area contributed by atoms with Gasteiger partial charge in [0.15, 0.2) is 10.7 Å². The predicted molar refractivity (Wildman–Crippen MR) is 138 cm³/mol. The molecule has 2 N–H and O–H groups in total. The summed E-state index contributed by atoms with van der Waals surface area (Å²) in [6.07, 6.45) is 1.08. The molecule has 6 heteroatoms. The highest BCUT2D eigenvalue weighted by molar-refractivity contribution is 7.80. The molecule has 3 aromatic carbocycles. The molecule has 4 aromatic rings. The van der Waals surface area contributed by atoms with E-state index in [9.17, 15) is 4.79 Å². The van der Waals surface area contributed by atoms with Crippen LogP contribution in [0.25, 0.3) is 22.6 Å². The quantitative estimate of drug-likeness (QED) is 0.324. The van der Waals surface area contributed by atoms with Crippen LogP contribution in [0.4, 0.5) is 5.69 Å². The number of hydrogen-bond donors (Lipinski definition) is 2. The molecule has 0 radical (unpaired) electrons. The van der Waals surface area contributed by atoms with E-state index >= 15 is 0 Å². The Kier molecular flexibility index (Phi) is 6.56. The zero-order valence-corrected chi connectivity index (χ0v) is 20.0. The average Bonchev–Trinajstić information content (AvgIpc) is 3.24. The number of benzene rings is 3. The van der Waals surface area contributed by atoms with Crippen molar-refractivity contribution in [3.05, 3.63) is 82.9 Å². The number of carbonyl (C=O) groups is 1. The Morgan fingerprint density at radius 2 is 1.79 bits per heavy atom. The number of aryl methyl sites for hydroxylation is 2. The van der Waals surface area contributed by atoms with Gasteiger partial charge in [-0.05, 0) is 104 Å². The molecule has 168 valence electrons. The maximum Gasteiger partial charge on any atom is 0.257 e. The first-order valence-corrected chi connectivity index (χ1v) is 11.5. The molecule has 1 atom stereocenters. The second-order valence-electron chi connectivity index (χ2n) is 8.34. The first kappa shape index (κ1) is 22.7. The topological polar surface area (TPSA) is 67.2 Å². The Bertz CT molecular complexity index is 1330. The lowest BCUT2D eigenvalue weighted by Gasteiger charge is -2.10. The van der Waals surface area contributed by atoms with Crippen LogP contribution in [0.1, 0.15) is 53.2 Å². The Morgan fingerprint density at radius 3 is 2.48 bits per heavy atom. The van der Waals surface area contributed by atoms with Gasteiger partial charge in [0.05, 0.1) is 0 Å². The summed E-state index contributed by atoms with van der Waals surface area (Å²) in [7, 11) is 0. The summed E-state index contributed by atoms with van der Waals surface area (Å²) < 4.78 is 5.95. The van der Waals surface area contributed by atoms with Crippen molar-refractivity contribution in [1.82, 2.24) is 10.3 Å². The van der Waals surface area contributed by atoms with Gasteiger partial charge in [0.25, 0.3) is 5.91 Å². The number of amides is 1. The molecule has 0 fully saturated rings. The fourth-order valence-corrected chi connectivity index (χ4v) is 3.74. The number of rotatable bonds is 5. The lowest BCUT2D eigenvalue weighted by molar-refractivity contribution is 0.0977. The zero-order chi connectivity index (χ0) is 23.5. The van der Waals surface area contributed by atoms with Gasteiger partial charge >= 0.3 is 0 Å². The van der Waals surface area contributed by atoms with Crippen molar-refractivity contribution >= 4 is 40.0 Å². The van der Waals surface area contributed by atoms with E-state index in [1.807, 2.05) is 56.3 Å². The number of anilines is 1. The van der Waals surface area contributed by atoms with Gasteiger partial charge in [0.1, 0.15) is 5.52 Å². The van der Waals surface area contributed by atoms with E-state index in [4.69, 9.17) is 16.6 Å². The number of fused-ring (bicyclic) bond motifs is 1. The fourth-order valence-electron chi connectivity index (χ4n) is 3.53. The van der Waals surface area contributed by atoms with E-state index in [1.54, 1.807) is 6.07 Å². The molecule has 0 spiro atoms. The van der Waals surface area contributed by atoms with Crippen molar-refractivity contribution in [3.63, 3.8) is 0 Å². The van der Waals surface area contributed by atoms with Crippen molar-refractivity contribution in [2.45, 2.75) is 40.0 Å². The van der Waals surface area contributed by atoms with Crippen LogP contribution in [0.15, 0.2) is 65.1 Å². The van der Waals surface area contributed by atoms with Crippen LogP contribution >= 0.6 is 12.2 Å². The molecule has 33 heavy (non-hydrogen) atoms. The normalized spacial score (nSPS) is 11.9. The van der Waals surface area contributed by atoms with Crippen LogP contribution in [0, 0.1) is 13.8 Å². The van der Waals surface area contributed by atoms with Gasteiger partial charge in [-0.1, -0.05) is 26.0 Å². The number of thiocarbonyl (C=S) groups is 1. The standard InChI is InChI=1S/C27H27N3O2S/c1-5-16(2)20-10-13-24-23(15-20)29-26(32-24)19-8-11-22(12-9-19)28-27(33)30-25(31)21-7-6-17(3)18(4)14-21/h6-16H,5H2,1-4H3,(H2,28,30,31,33). The summed E-state index contributed by atoms with van der Waals surface area (Å²) in [6.45, 7) is 8.38. The van der Waals surface area contributed by atoms with Crippen LogP contribution in [0.2, 0.25) is 0 Å². The summed E-state index contributed by atoms with van der Waals surface area (Å²) in [6, 6.07) is 19.3. The molecule has 0 aliphatic carbocycles. The van der Waals surface area contributed by atoms with Crippen LogP contribution in [-0.2, 0) is 0 Å². The average molecular weight is 458 g/mol. The maximum atomic E-state index is 12.5. The molecule has 0 aliphatic heterocycles. The van der Waals surface area contributed by atoms with Gasteiger partial charge in [-0.3, -0.25) is 10.1 Å². The number of nitrogens with one attached hydrogen (secondary N) is 2. The van der Waals surface area contributed by atoms with Crippen LogP contribution in [0.3, 0.4) is 0 Å². The molecule has 0 saturated carbocycles. The molecule has 0 aliphatic rings. The van der Waals surface area contributed by atoms with Gasteiger partial charge in [-0.25, -0.2) is 4.98 Å². The number of oxazole rings is 1. The number of carbonyl (C=O) groups excluding carboxylic acids is 1. The Hall–Kier alpha value is -3.51. The van der Waals surface area contributed by atoms with E-state index in [-0.39, 0.29) is 11.0 Å². The summed E-state index contributed by atoms with van der Waals surface area (Å²) in [5, 5.41) is 6.01. The Labute approximate surface area is 199 Å². The smallest absolute Gasteiger partial charge is 0.257 e.